The molecule has 154 valence electrons. The summed E-state index contributed by atoms with van der Waals surface area (Å²) in [5, 5.41) is 4.24. The number of amides is 1. The number of aromatic nitrogens is 2. The topological polar surface area (TPSA) is 106 Å². The summed E-state index contributed by atoms with van der Waals surface area (Å²) in [4.78, 5) is 20.5. The van der Waals surface area contributed by atoms with Gasteiger partial charge in [-0.15, -0.1) is 0 Å². The fraction of sp³-hybridized carbons (Fsp3) is 0.450. The van der Waals surface area contributed by atoms with Gasteiger partial charge in [0.1, 0.15) is 5.82 Å². The van der Waals surface area contributed by atoms with Crippen molar-refractivity contribution in [1.29, 1.82) is 0 Å². The molecule has 1 aromatic carbocycles. The monoisotopic (exact) mass is 399 g/mol. The van der Waals surface area contributed by atoms with E-state index in [0.717, 1.165) is 56.9 Å². The van der Waals surface area contributed by atoms with Gasteiger partial charge >= 0.3 is 0 Å². The molecule has 4 rings (SSSR count). The van der Waals surface area contributed by atoms with Crippen LogP contribution in [0.5, 0.6) is 0 Å². The summed E-state index contributed by atoms with van der Waals surface area (Å²) in [6.07, 6.45) is 3.23. The number of rotatable bonds is 4. The summed E-state index contributed by atoms with van der Waals surface area (Å²) in [5.74, 6) is 0.209. The van der Waals surface area contributed by atoms with Crippen molar-refractivity contribution in [2.24, 2.45) is 22.4 Å². The van der Waals surface area contributed by atoms with E-state index in [1.807, 2.05) is 4.68 Å². The van der Waals surface area contributed by atoms with Gasteiger partial charge in [0, 0.05) is 45.0 Å². The standard InChI is InChI=1S/C20H26FN7O/c21-15-1-3-16(4-2-15)26-7-9-27(10-8-26)20(23)24-12-14-5-6-28-18(11-14)17(13-25-28)19(22)29/h1-4,13-14H,5-12H2,(H2,22,29)(H2,23,24). The first-order valence-electron chi connectivity index (χ1n) is 9.91. The van der Waals surface area contributed by atoms with E-state index in [4.69, 9.17) is 11.5 Å². The third-order valence-electron chi connectivity index (χ3n) is 5.75. The van der Waals surface area contributed by atoms with Crippen LogP contribution in [-0.4, -0.2) is 59.3 Å². The lowest BCUT2D eigenvalue weighted by Gasteiger charge is -2.36. The molecule has 1 unspecified atom stereocenters. The number of primary amides is 1. The molecule has 9 heteroatoms. The Kier molecular flexibility index (Phi) is 5.37. The number of fused-ring (bicyclic) bond motifs is 1. The zero-order valence-corrected chi connectivity index (χ0v) is 16.3. The van der Waals surface area contributed by atoms with Crippen LogP contribution in [0.25, 0.3) is 0 Å². The zero-order valence-electron chi connectivity index (χ0n) is 16.3. The largest absolute Gasteiger partial charge is 0.370 e. The van der Waals surface area contributed by atoms with Gasteiger partial charge in [0.25, 0.3) is 5.91 Å². The second-order valence-electron chi connectivity index (χ2n) is 7.60. The highest BCUT2D eigenvalue weighted by atomic mass is 19.1. The molecule has 8 nitrogen and oxygen atoms in total. The average molecular weight is 399 g/mol. The van der Waals surface area contributed by atoms with Gasteiger partial charge in [-0.1, -0.05) is 0 Å². The number of nitrogens with zero attached hydrogens (tertiary/aromatic N) is 5. The lowest BCUT2D eigenvalue weighted by atomic mass is 9.94. The van der Waals surface area contributed by atoms with E-state index < -0.39 is 5.91 Å². The predicted octanol–water partition coefficient (Wildman–Crippen LogP) is 0.820. The maximum atomic E-state index is 13.1. The molecule has 0 bridgehead atoms. The van der Waals surface area contributed by atoms with Gasteiger partial charge in [-0.3, -0.25) is 14.5 Å². The molecule has 0 radical (unpaired) electrons. The van der Waals surface area contributed by atoms with Crippen LogP contribution in [0.4, 0.5) is 10.1 Å². The number of guanidine groups is 1. The quantitative estimate of drug-likeness (QED) is 0.585. The predicted molar refractivity (Wildman–Crippen MR) is 109 cm³/mol. The molecule has 2 aliphatic heterocycles. The van der Waals surface area contributed by atoms with Crippen molar-refractivity contribution in [3.05, 3.63) is 47.5 Å². The lowest BCUT2D eigenvalue weighted by molar-refractivity contribution is 0.0998. The number of nitrogens with two attached hydrogens (primary N) is 2. The molecule has 1 fully saturated rings. The minimum Gasteiger partial charge on any atom is -0.370 e. The molecular weight excluding hydrogens is 373 g/mol. The van der Waals surface area contributed by atoms with Crippen LogP contribution in [0, 0.1) is 11.7 Å². The van der Waals surface area contributed by atoms with Crippen molar-refractivity contribution < 1.29 is 9.18 Å². The molecular formula is C20H26FN7O. The fourth-order valence-corrected chi connectivity index (χ4v) is 4.03. The highest BCUT2D eigenvalue weighted by Crippen LogP contribution is 2.23. The van der Waals surface area contributed by atoms with Crippen LogP contribution in [0.3, 0.4) is 0 Å². The van der Waals surface area contributed by atoms with Crippen LogP contribution in [-0.2, 0) is 13.0 Å². The van der Waals surface area contributed by atoms with E-state index in [9.17, 15) is 9.18 Å². The first-order valence-corrected chi connectivity index (χ1v) is 9.91. The molecule has 2 aliphatic rings. The second-order valence-corrected chi connectivity index (χ2v) is 7.60. The summed E-state index contributed by atoms with van der Waals surface area (Å²) < 4.78 is 15.0. The van der Waals surface area contributed by atoms with Gasteiger partial charge in [0.2, 0.25) is 0 Å². The Bertz CT molecular complexity index is 900. The molecule has 0 spiro atoms. The van der Waals surface area contributed by atoms with E-state index in [0.29, 0.717) is 24.0 Å². The number of halogens is 1. The van der Waals surface area contributed by atoms with Crippen LogP contribution < -0.4 is 16.4 Å². The molecule has 1 saturated heterocycles. The Morgan fingerprint density at radius 1 is 1.14 bits per heavy atom. The van der Waals surface area contributed by atoms with E-state index in [2.05, 4.69) is 19.9 Å². The Morgan fingerprint density at radius 2 is 1.86 bits per heavy atom. The molecule has 0 saturated carbocycles. The van der Waals surface area contributed by atoms with Crippen molar-refractivity contribution in [1.82, 2.24) is 14.7 Å². The number of aryl methyl sites for hydroxylation is 1. The lowest BCUT2D eigenvalue weighted by Crippen LogP contribution is -2.51. The number of hydrogen-bond donors (Lipinski definition) is 2. The number of piperazine rings is 1. The second kappa shape index (κ2) is 8.10. The SMILES string of the molecule is NC(=O)c1cnn2c1CC(CN=C(N)N1CCN(c3ccc(F)cc3)CC1)CC2. The van der Waals surface area contributed by atoms with Crippen LogP contribution >= 0.6 is 0 Å². The van der Waals surface area contributed by atoms with Crippen LogP contribution in [0.15, 0.2) is 35.5 Å². The summed E-state index contributed by atoms with van der Waals surface area (Å²) in [5.41, 5.74) is 14.1. The average Bonchev–Trinajstić information content (AvgIpc) is 3.16. The normalized spacial score (nSPS) is 19.9. The summed E-state index contributed by atoms with van der Waals surface area (Å²) >= 11 is 0. The maximum absolute atomic E-state index is 13.1. The number of benzene rings is 1. The highest BCUT2D eigenvalue weighted by Gasteiger charge is 2.25. The molecule has 1 aromatic heterocycles. The van der Waals surface area contributed by atoms with Crippen molar-refractivity contribution in [2.75, 3.05) is 37.6 Å². The maximum Gasteiger partial charge on any atom is 0.252 e. The number of carbonyl (C=O) groups is 1. The van der Waals surface area contributed by atoms with Gasteiger partial charge in [-0.2, -0.15) is 5.10 Å². The number of aliphatic imine (C=N–C) groups is 1. The third-order valence-corrected chi connectivity index (χ3v) is 5.75. The minimum atomic E-state index is -0.436. The van der Waals surface area contributed by atoms with Gasteiger partial charge in [0.05, 0.1) is 17.5 Å². The van der Waals surface area contributed by atoms with Gasteiger partial charge in [0.15, 0.2) is 5.96 Å². The Morgan fingerprint density at radius 3 is 2.55 bits per heavy atom. The fourth-order valence-electron chi connectivity index (χ4n) is 4.03. The molecule has 29 heavy (non-hydrogen) atoms. The Labute approximate surface area is 169 Å². The van der Waals surface area contributed by atoms with Gasteiger partial charge in [-0.25, -0.2) is 4.39 Å². The molecule has 4 N–H and O–H groups in total. The molecule has 1 atom stereocenters. The van der Waals surface area contributed by atoms with Crippen molar-refractivity contribution in [3.8, 4) is 0 Å². The molecule has 3 heterocycles. The van der Waals surface area contributed by atoms with Gasteiger partial charge < -0.3 is 21.3 Å². The smallest absolute Gasteiger partial charge is 0.252 e. The highest BCUT2D eigenvalue weighted by molar-refractivity contribution is 5.93. The van der Waals surface area contributed by atoms with Crippen LogP contribution in [0.2, 0.25) is 0 Å². The van der Waals surface area contributed by atoms with E-state index in [1.54, 1.807) is 18.3 Å². The number of hydrogen-bond acceptors (Lipinski definition) is 4. The van der Waals surface area contributed by atoms with E-state index in [1.165, 1.54) is 12.1 Å². The van der Waals surface area contributed by atoms with E-state index >= 15 is 0 Å². The number of carbonyl (C=O) groups excluding carboxylic acids is 1. The zero-order chi connectivity index (χ0) is 20.4. The molecule has 2 aromatic rings. The van der Waals surface area contributed by atoms with Crippen molar-refractivity contribution in [3.63, 3.8) is 0 Å². The third kappa shape index (κ3) is 4.18. The first-order chi connectivity index (χ1) is 14.0. The summed E-state index contributed by atoms with van der Waals surface area (Å²) in [6, 6.07) is 6.57. The Hall–Kier alpha value is -3.10. The van der Waals surface area contributed by atoms with Gasteiger partial charge in [-0.05, 0) is 43.0 Å². The van der Waals surface area contributed by atoms with E-state index in [-0.39, 0.29) is 5.82 Å². The number of anilines is 1. The minimum absolute atomic E-state index is 0.225. The molecule has 1 amide bonds. The molecule has 0 aliphatic carbocycles. The Balaban J connectivity index is 1.31. The van der Waals surface area contributed by atoms with Crippen LogP contribution in [0.1, 0.15) is 22.5 Å². The van der Waals surface area contributed by atoms with Crippen molar-refractivity contribution >= 4 is 17.6 Å². The first kappa shape index (κ1) is 19.2. The summed E-state index contributed by atoms with van der Waals surface area (Å²) in [7, 11) is 0. The summed E-state index contributed by atoms with van der Waals surface area (Å²) in [6.45, 7) is 4.55. The van der Waals surface area contributed by atoms with Crippen molar-refractivity contribution in [2.45, 2.75) is 19.4 Å².